The van der Waals surface area contributed by atoms with Crippen LogP contribution >= 0.6 is 0 Å². The Kier molecular flexibility index (Phi) is 7.53. The van der Waals surface area contributed by atoms with Crippen LogP contribution in [-0.4, -0.2) is 54.0 Å². The lowest BCUT2D eigenvalue weighted by molar-refractivity contribution is -0.114. The Labute approximate surface area is 168 Å². The number of methoxy groups -OCH3 is 5. The number of hydrogen-bond donors (Lipinski definition) is 2. The van der Waals surface area contributed by atoms with Gasteiger partial charge in [-0.3, -0.25) is 4.79 Å². The van der Waals surface area contributed by atoms with E-state index in [9.17, 15) is 9.59 Å². The molecule has 0 bridgehead atoms. The molecule has 0 spiro atoms. The maximum absolute atomic E-state index is 12.4. The fraction of sp³-hybridized carbons (Fsp3) is 0.300. The van der Waals surface area contributed by atoms with E-state index >= 15 is 0 Å². The van der Waals surface area contributed by atoms with Crippen molar-refractivity contribution in [2.24, 2.45) is 0 Å². The Morgan fingerprint density at radius 2 is 1.45 bits per heavy atom. The molecule has 0 fully saturated rings. The molecule has 0 radical (unpaired) electrons. The molecule has 0 heterocycles. The van der Waals surface area contributed by atoms with E-state index in [1.165, 1.54) is 34.5 Å². The van der Waals surface area contributed by atoms with E-state index in [0.29, 0.717) is 34.4 Å². The van der Waals surface area contributed by atoms with Crippen LogP contribution in [0.1, 0.15) is 10.4 Å². The first-order chi connectivity index (χ1) is 14.0. The molecule has 0 aliphatic rings. The second-order valence-electron chi connectivity index (χ2n) is 5.71. The second kappa shape index (κ2) is 10.1. The highest BCUT2D eigenvalue weighted by atomic mass is 16.5. The third-order valence-corrected chi connectivity index (χ3v) is 4.05. The summed E-state index contributed by atoms with van der Waals surface area (Å²) in [6.45, 7) is -0.116. The molecule has 0 saturated carbocycles. The molecule has 0 aromatic heterocycles. The van der Waals surface area contributed by atoms with Gasteiger partial charge in [0.1, 0.15) is 11.5 Å². The van der Waals surface area contributed by atoms with Gasteiger partial charge in [0.25, 0.3) is 0 Å². The summed E-state index contributed by atoms with van der Waals surface area (Å²) in [5, 5.41) is 5.66. The maximum Gasteiger partial charge on any atom is 0.340 e. The lowest BCUT2D eigenvalue weighted by Crippen LogP contribution is -2.23. The number of ether oxygens (including phenoxy) is 5. The highest BCUT2D eigenvalue weighted by Crippen LogP contribution is 2.34. The predicted molar refractivity (Wildman–Crippen MR) is 108 cm³/mol. The van der Waals surface area contributed by atoms with Gasteiger partial charge in [-0.15, -0.1) is 0 Å². The molecule has 156 valence electrons. The first-order valence-corrected chi connectivity index (χ1v) is 8.57. The zero-order chi connectivity index (χ0) is 21.4. The number of amides is 1. The normalized spacial score (nSPS) is 9.97. The summed E-state index contributed by atoms with van der Waals surface area (Å²) in [5.74, 6) is 0.903. The molecule has 1 amide bonds. The van der Waals surface area contributed by atoms with Gasteiger partial charge in [-0.25, -0.2) is 4.79 Å². The minimum atomic E-state index is -0.578. The number of rotatable bonds is 9. The van der Waals surface area contributed by atoms with Gasteiger partial charge in [0.15, 0.2) is 11.5 Å². The molecule has 2 aromatic rings. The highest BCUT2D eigenvalue weighted by Gasteiger charge is 2.18. The lowest BCUT2D eigenvalue weighted by Gasteiger charge is -2.16. The molecule has 29 heavy (non-hydrogen) atoms. The van der Waals surface area contributed by atoms with Crippen molar-refractivity contribution in [3.05, 3.63) is 35.9 Å². The van der Waals surface area contributed by atoms with Crippen LogP contribution in [0.2, 0.25) is 0 Å². The van der Waals surface area contributed by atoms with Crippen LogP contribution in [0.3, 0.4) is 0 Å². The van der Waals surface area contributed by atoms with Crippen molar-refractivity contribution in [3.8, 4) is 23.0 Å². The first-order valence-electron chi connectivity index (χ1n) is 8.57. The fourth-order valence-electron chi connectivity index (χ4n) is 2.58. The van der Waals surface area contributed by atoms with Crippen LogP contribution in [0.15, 0.2) is 30.3 Å². The molecule has 0 aliphatic heterocycles. The number of hydrogen-bond acceptors (Lipinski definition) is 8. The summed E-state index contributed by atoms with van der Waals surface area (Å²) in [6, 6.07) is 8.08. The van der Waals surface area contributed by atoms with Gasteiger partial charge >= 0.3 is 5.97 Å². The van der Waals surface area contributed by atoms with Crippen molar-refractivity contribution in [2.75, 3.05) is 52.7 Å². The molecule has 0 aliphatic carbocycles. The number of anilines is 2. The Morgan fingerprint density at radius 1 is 0.793 bits per heavy atom. The van der Waals surface area contributed by atoms with Crippen LogP contribution < -0.4 is 29.6 Å². The van der Waals surface area contributed by atoms with Gasteiger partial charge < -0.3 is 34.3 Å². The summed E-state index contributed by atoms with van der Waals surface area (Å²) in [5.41, 5.74) is 1.06. The smallest absolute Gasteiger partial charge is 0.340 e. The molecule has 2 rings (SSSR count). The van der Waals surface area contributed by atoms with Crippen molar-refractivity contribution >= 4 is 23.3 Å². The number of nitrogens with one attached hydrogen (secondary N) is 2. The number of carbonyl (C=O) groups is 2. The molecule has 9 nitrogen and oxygen atoms in total. The van der Waals surface area contributed by atoms with Crippen LogP contribution in [0.5, 0.6) is 23.0 Å². The molecule has 9 heteroatoms. The molecule has 2 N–H and O–H groups in total. The molecule has 0 unspecified atom stereocenters. The van der Waals surface area contributed by atoms with E-state index < -0.39 is 5.97 Å². The van der Waals surface area contributed by atoms with Gasteiger partial charge in [-0.05, 0) is 12.1 Å². The molecular formula is C20H24N2O7. The Bertz CT molecular complexity index is 883. The van der Waals surface area contributed by atoms with Crippen molar-refractivity contribution in [2.45, 2.75) is 0 Å². The molecule has 0 atom stereocenters. The van der Waals surface area contributed by atoms with Gasteiger partial charge in [-0.2, -0.15) is 0 Å². The van der Waals surface area contributed by atoms with Gasteiger partial charge in [0, 0.05) is 18.2 Å². The van der Waals surface area contributed by atoms with Gasteiger partial charge in [0.05, 0.1) is 59.0 Å². The minimum Gasteiger partial charge on any atom is -0.497 e. The number of carbonyl (C=O) groups excluding carboxylic acids is 2. The van der Waals surface area contributed by atoms with E-state index in [4.69, 9.17) is 23.7 Å². The second-order valence-corrected chi connectivity index (χ2v) is 5.71. The number of benzene rings is 2. The Hall–Kier alpha value is -3.62. The summed E-state index contributed by atoms with van der Waals surface area (Å²) < 4.78 is 25.7. The Morgan fingerprint density at radius 3 is 2.03 bits per heavy atom. The average molecular weight is 404 g/mol. The van der Waals surface area contributed by atoms with Gasteiger partial charge in [0.2, 0.25) is 5.91 Å². The average Bonchev–Trinajstić information content (AvgIpc) is 2.76. The minimum absolute atomic E-state index is 0.116. The molecule has 2 aromatic carbocycles. The standard InChI is InChI=1S/C20H24N2O7/c1-25-12-6-7-14(16(8-12)26-2)22-19(23)11-21-15-10-18(28-4)17(27-3)9-13(15)20(24)29-5/h6-10,21H,11H2,1-5H3,(H,22,23). The quantitative estimate of drug-likeness (QED) is 0.615. The van der Waals surface area contributed by atoms with Crippen LogP contribution in [0, 0.1) is 0 Å². The lowest BCUT2D eigenvalue weighted by atomic mass is 10.1. The maximum atomic E-state index is 12.4. The Balaban J connectivity index is 2.18. The zero-order valence-corrected chi connectivity index (χ0v) is 17.0. The topological polar surface area (TPSA) is 104 Å². The van der Waals surface area contributed by atoms with E-state index in [1.807, 2.05) is 0 Å². The zero-order valence-electron chi connectivity index (χ0n) is 17.0. The van der Waals surface area contributed by atoms with Crippen LogP contribution in [0.25, 0.3) is 0 Å². The molecule has 0 saturated heterocycles. The third-order valence-electron chi connectivity index (χ3n) is 4.05. The van der Waals surface area contributed by atoms with E-state index in [1.54, 1.807) is 31.4 Å². The van der Waals surface area contributed by atoms with Crippen molar-refractivity contribution in [3.63, 3.8) is 0 Å². The fourth-order valence-corrected chi connectivity index (χ4v) is 2.58. The summed E-state index contributed by atoms with van der Waals surface area (Å²) >= 11 is 0. The first kappa shape index (κ1) is 21.7. The van der Waals surface area contributed by atoms with Crippen molar-refractivity contribution in [1.29, 1.82) is 0 Å². The predicted octanol–water partition coefficient (Wildman–Crippen LogP) is 2.56. The van der Waals surface area contributed by atoms with Crippen LogP contribution in [0.4, 0.5) is 11.4 Å². The third kappa shape index (κ3) is 5.22. The largest absolute Gasteiger partial charge is 0.497 e. The summed E-state index contributed by atoms with van der Waals surface area (Å²) in [4.78, 5) is 24.5. The SMILES string of the molecule is COC(=O)c1cc(OC)c(OC)cc1NCC(=O)Nc1ccc(OC)cc1OC. The van der Waals surface area contributed by atoms with Crippen molar-refractivity contribution < 1.29 is 33.3 Å². The van der Waals surface area contributed by atoms with Crippen LogP contribution in [-0.2, 0) is 9.53 Å². The summed E-state index contributed by atoms with van der Waals surface area (Å²) in [7, 11) is 7.24. The van der Waals surface area contributed by atoms with E-state index in [0.717, 1.165) is 0 Å². The van der Waals surface area contributed by atoms with Gasteiger partial charge in [-0.1, -0.05) is 0 Å². The number of esters is 1. The monoisotopic (exact) mass is 404 g/mol. The summed E-state index contributed by atoms with van der Waals surface area (Å²) in [6.07, 6.45) is 0. The molecular weight excluding hydrogens is 380 g/mol. The van der Waals surface area contributed by atoms with Crippen molar-refractivity contribution in [1.82, 2.24) is 0 Å². The van der Waals surface area contributed by atoms with E-state index in [-0.39, 0.29) is 18.0 Å². The van der Waals surface area contributed by atoms with E-state index in [2.05, 4.69) is 10.6 Å². The highest BCUT2D eigenvalue weighted by molar-refractivity contribution is 5.99.